The molecule has 2 heterocycles. The van der Waals surface area contributed by atoms with Crippen LogP contribution in [0.2, 0.25) is 0 Å². The van der Waals surface area contributed by atoms with Crippen LogP contribution in [-0.4, -0.2) is 70.9 Å². The van der Waals surface area contributed by atoms with Gasteiger partial charge in [-0.05, 0) is 102 Å². The minimum Gasteiger partial charge on any atom is -0.356 e. The van der Waals surface area contributed by atoms with Gasteiger partial charge in [0.25, 0.3) is 0 Å². The van der Waals surface area contributed by atoms with E-state index in [0.717, 1.165) is 24.3 Å². The normalized spacial score (nSPS) is 35.4. The van der Waals surface area contributed by atoms with E-state index in [2.05, 4.69) is 42.1 Å². The van der Waals surface area contributed by atoms with E-state index in [1.54, 1.807) is 44.4 Å². The predicted molar refractivity (Wildman–Crippen MR) is 153 cm³/mol. The Morgan fingerprint density at radius 3 is 2.19 bits per heavy atom. The van der Waals surface area contributed by atoms with Crippen molar-refractivity contribution in [2.75, 3.05) is 32.7 Å². The first-order valence-electron chi connectivity index (χ1n) is 16.2. The van der Waals surface area contributed by atoms with E-state index in [4.69, 9.17) is 4.99 Å². The molecule has 0 spiro atoms. The van der Waals surface area contributed by atoms with Crippen molar-refractivity contribution >= 4 is 11.7 Å². The Labute approximate surface area is 223 Å². The fourth-order valence-electron chi connectivity index (χ4n) is 9.42. The molecule has 36 heavy (non-hydrogen) atoms. The van der Waals surface area contributed by atoms with E-state index >= 15 is 0 Å². The topological polar surface area (TPSA) is 21.9 Å². The van der Waals surface area contributed by atoms with Crippen molar-refractivity contribution in [2.24, 2.45) is 28.2 Å². The Kier molecular flexibility index (Phi) is 8.68. The van der Waals surface area contributed by atoms with Gasteiger partial charge in [0, 0.05) is 30.8 Å². The second kappa shape index (κ2) is 11.8. The number of aliphatic imine (C=N–C) groups is 1. The third-order valence-electron chi connectivity index (χ3n) is 10.6. The second-order valence-corrected chi connectivity index (χ2v) is 13.7. The molecule has 6 aliphatic rings. The fraction of sp³-hybridized carbons (Fsp3) is 0.938. The molecule has 0 aromatic rings. The predicted octanol–water partition coefficient (Wildman–Crippen LogP) is 6.97. The molecular formula is C32H57N4+. The van der Waals surface area contributed by atoms with Crippen LogP contribution in [0.3, 0.4) is 0 Å². The van der Waals surface area contributed by atoms with Crippen LogP contribution in [0.25, 0.3) is 0 Å². The van der Waals surface area contributed by atoms with Gasteiger partial charge in [-0.15, -0.1) is 0 Å². The summed E-state index contributed by atoms with van der Waals surface area (Å²) < 4.78 is 2.82. The van der Waals surface area contributed by atoms with Crippen molar-refractivity contribution in [3.63, 3.8) is 0 Å². The number of nitrogens with zero attached hydrogens (tertiary/aromatic N) is 4. The maximum absolute atomic E-state index is 4.96. The van der Waals surface area contributed by atoms with E-state index in [1.165, 1.54) is 89.8 Å². The molecule has 0 saturated heterocycles. The van der Waals surface area contributed by atoms with Crippen LogP contribution < -0.4 is 0 Å². The summed E-state index contributed by atoms with van der Waals surface area (Å²) in [5, 5.41) is 0. The molecule has 4 aliphatic carbocycles. The standard InChI is InChI=1S/C32H57N4/c1-5-8-15-35-29(22-33-30(35)11-6-2)13-9-10-14-34-23-25(4)36(31(34)12-7-3)24-32-19-26-16-27(20-32)18-28(17-26)21-32/h25-29H,5-24H2,1-4H3/q+1/t25-,26?,27?,28?,29-,32?/m0/s1. The maximum Gasteiger partial charge on any atom is 0.247 e. The molecule has 4 saturated carbocycles. The molecule has 0 radical (unpaired) electrons. The molecule has 6 rings (SSSR count). The summed E-state index contributed by atoms with van der Waals surface area (Å²) in [6.07, 6.45) is 20.9. The Morgan fingerprint density at radius 2 is 1.56 bits per heavy atom. The van der Waals surface area contributed by atoms with Gasteiger partial charge in [0.2, 0.25) is 5.84 Å². The summed E-state index contributed by atoms with van der Waals surface area (Å²) in [5.74, 6) is 6.31. The van der Waals surface area contributed by atoms with Crippen molar-refractivity contribution in [3.8, 4) is 0 Å². The molecule has 0 amide bonds. The van der Waals surface area contributed by atoms with Crippen LogP contribution in [-0.2, 0) is 0 Å². The van der Waals surface area contributed by atoms with Crippen LogP contribution in [0.4, 0.5) is 0 Å². The molecule has 4 bridgehead atoms. The highest BCUT2D eigenvalue weighted by molar-refractivity contribution is 5.84. The molecule has 0 unspecified atom stereocenters. The first-order valence-corrected chi connectivity index (χ1v) is 16.2. The van der Waals surface area contributed by atoms with Gasteiger partial charge in [-0.3, -0.25) is 14.5 Å². The molecule has 4 heteroatoms. The summed E-state index contributed by atoms with van der Waals surface area (Å²) in [4.78, 5) is 10.6. The Balaban J connectivity index is 1.16. The van der Waals surface area contributed by atoms with Crippen molar-refractivity contribution < 1.29 is 4.58 Å². The Hall–Kier alpha value is -1.06. The average Bonchev–Trinajstić information content (AvgIpc) is 3.35. The van der Waals surface area contributed by atoms with Gasteiger partial charge in [-0.2, -0.15) is 0 Å². The van der Waals surface area contributed by atoms with E-state index in [-0.39, 0.29) is 0 Å². The van der Waals surface area contributed by atoms with Gasteiger partial charge in [-0.1, -0.05) is 27.2 Å². The monoisotopic (exact) mass is 497 g/mol. The lowest BCUT2D eigenvalue weighted by Gasteiger charge is -2.56. The highest BCUT2D eigenvalue weighted by Gasteiger charge is 2.54. The molecule has 4 fully saturated rings. The average molecular weight is 498 g/mol. The van der Waals surface area contributed by atoms with E-state index in [0.29, 0.717) is 17.5 Å². The van der Waals surface area contributed by atoms with Gasteiger partial charge in [0.15, 0.2) is 0 Å². The van der Waals surface area contributed by atoms with E-state index in [1.807, 2.05) is 0 Å². The zero-order valence-corrected chi connectivity index (χ0v) is 24.3. The SMILES string of the molecule is CCCCN1C(CCC)=NC[C@@H]1CCCC[N+]1=C(CCC)N(CC23CC4CC(CC(C4)C2)C3)[C@@H](C)C1. The van der Waals surface area contributed by atoms with E-state index in [9.17, 15) is 0 Å². The fourth-order valence-corrected chi connectivity index (χ4v) is 9.42. The number of hydrogen-bond acceptors (Lipinski definition) is 3. The first kappa shape index (κ1) is 26.5. The summed E-state index contributed by atoms with van der Waals surface area (Å²) in [5.41, 5.74) is 0.651. The number of rotatable bonds is 14. The van der Waals surface area contributed by atoms with Crippen LogP contribution in [0.1, 0.15) is 124 Å². The van der Waals surface area contributed by atoms with Gasteiger partial charge in [0.1, 0.15) is 12.6 Å². The number of hydrogen-bond donors (Lipinski definition) is 0. The molecule has 2 atom stereocenters. The van der Waals surface area contributed by atoms with Crippen molar-refractivity contribution in [2.45, 2.75) is 136 Å². The van der Waals surface area contributed by atoms with Crippen LogP contribution >= 0.6 is 0 Å². The minimum atomic E-state index is 0.651. The highest BCUT2D eigenvalue weighted by atomic mass is 15.3. The summed E-state index contributed by atoms with van der Waals surface area (Å²) in [7, 11) is 0. The molecule has 0 aromatic carbocycles. The zero-order valence-electron chi connectivity index (χ0n) is 24.3. The van der Waals surface area contributed by atoms with Crippen LogP contribution in [0.15, 0.2) is 4.99 Å². The zero-order chi connectivity index (χ0) is 25.1. The quantitative estimate of drug-likeness (QED) is 0.191. The highest BCUT2D eigenvalue weighted by Crippen LogP contribution is 2.60. The van der Waals surface area contributed by atoms with Crippen LogP contribution in [0, 0.1) is 23.2 Å². The lowest BCUT2D eigenvalue weighted by molar-refractivity contribution is -0.522. The number of amidine groups is 2. The molecule has 204 valence electrons. The largest absolute Gasteiger partial charge is 0.356 e. The third kappa shape index (κ3) is 5.68. The van der Waals surface area contributed by atoms with E-state index < -0.39 is 0 Å². The summed E-state index contributed by atoms with van der Waals surface area (Å²) >= 11 is 0. The van der Waals surface area contributed by atoms with Gasteiger partial charge >= 0.3 is 0 Å². The molecule has 0 N–H and O–H groups in total. The van der Waals surface area contributed by atoms with Crippen molar-refractivity contribution in [1.82, 2.24) is 9.80 Å². The third-order valence-corrected chi connectivity index (χ3v) is 10.6. The van der Waals surface area contributed by atoms with Crippen molar-refractivity contribution in [3.05, 3.63) is 0 Å². The maximum atomic E-state index is 4.96. The Bertz CT molecular complexity index is 763. The Morgan fingerprint density at radius 1 is 0.861 bits per heavy atom. The van der Waals surface area contributed by atoms with Crippen LogP contribution in [0.5, 0.6) is 0 Å². The first-order chi connectivity index (χ1) is 17.5. The summed E-state index contributed by atoms with van der Waals surface area (Å²) in [6.45, 7) is 15.7. The smallest absolute Gasteiger partial charge is 0.247 e. The molecule has 2 aliphatic heterocycles. The molecule has 0 aromatic heterocycles. The molecular weight excluding hydrogens is 440 g/mol. The van der Waals surface area contributed by atoms with Crippen molar-refractivity contribution in [1.29, 1.82) is 0 Å². The molecule has 4 nitrogen and oxygen atoms in total. The minimum absolute atomic E-state index is 0.651. The second-order valence-electron chi connectivity index (χ2n) is 13.7. The lowest BCUT2D eigenvalue weighted by Crippen LogP contribution is -2.53. The summed E-state index contributed by atoms with van der Waals surface area (Å²) in [6, 6.07) is 1.37. The van der Waals surface area contributed by atoms with Gasteiger partial charge in [-0.25, -0.2) is 0 Å². The van der Waals surface area contributed by atoms with Gasteiger partial charge < -0.3 is 4.90 Å². The lowest BCUT2D eigenvalue weighted by atomic mass is 9.49. The van der Waals surface area contributed by atoms with Gasteiger partial charge in [0.05, 0.1) is 25.5 Å². The number of unbranched alkanes of at least 4 members (excludes halogenated alkanes) is 2.